The monoisotopic (exact) mass is 364 g/mol. The van der Waals surface area contributed by atoms with Crippen molar-refractivity contribution in [1.82, 2.24) is 15.5 Å². The van der Waals surface area contributed by atoms with Crippen molar-refractivity contribution in [3.8, 4) is 16.9 Å². The molecule has 3 heterocycles. The highest BCUT2D eigenvalue weighted by atomic mass is 16.5. The minimum atomic E-state index is -0.215. The lowest BCUT2D eigenvalue weighted by Crippen LogP contribution is -2.31. The number of aryl methyl sites for hydroxylation is 1. The largest absolute Gasteiger partial charge is 0.489 e. The van der Waals surface area contributed by atoms with E-state index in [9.17, 15) is 4.79 Å². The molecule has 0 spiro atoms. The van der Waals surface area contributed by atoms with Crippen LogP contribution in [0, 0.1) is 6.92 Å². The van der Waals surface area contributed by atoms with Crippen molar-refractivity contribution in [1.29, 1.82) is 0 Å². The summed E-state index contributed by atoms with van der Waals surface area (Å²) in [7, 11) is 1.99. The Balaban J connectivity index is 1.69. The molecule has 3 aromatic rings. The lowest BCUT2D eigenvalue weighted by Gasteiger charge is -2.29. The number of carbonyl (C=O) groups excluding carboxylic acids is 1. The standard InChI is InChI=1S/C20H20N4O3/c1-13-8-16(23-27-13)12-22-20(25)17-9-15(14-4-3-5-21-11-14)10-18-19(17)26-7-6-24(18)2/h3-5,8-11H,6-7,12H2,1-2H3,(H,22,25). The van der Waals surface area contributed by atoms with Crippen molar-refractivity contribution in [2.75, 3.05) is 25.1 Å². The van der Waals surface area contributed by atoms with Crippen LogP contribution in [0.15, 0.2) is 47.2 Å². The molecule has 138 valence electrons. The maximum atomic E-state index is 12.9. The van der Waals surface area contributed by atoms with E-state index in [1.165, 1.54) is 0 Å². The fourth-order valence-corrected chi connectivity index (χ4v) is 3.09. The van der Waals surface area contributed by atoms with Crippen LogP contribution in [0.4, 0.5) is 5.69 Å². The van der Waals surface area contributed by atoms with Crippen molar-refractivity contribution in [2.45, 2.75) is 13.5 Å². The number of amides is 1. The Labute approximate surface area is 156 Å². The number of ether oxygens (including phenoxy) is 1. The number of benzene rings is 1. The highest BCUT2D eigenvalue weighted by Crippen LogP contribution is 2.38. The quantitative estimate of drug-likeness (QED) is 0.767. The lowest BCUT2D eigenvalue weighted by atomic mass is 10.0. The Morgan fingerprint density at radius 3 is 2.93 bits per heavy atom. The summed E-state index contributed by atoms with van der Waals surface area (Å²) in [6.45, 7) is 3.41. The van der Waals surface area contributed by atoms with Gasteiger partial charge in [0, 0.05) is 31.1 Å². The third-order valence-corrected chi connectivity index (χ3v) is 4.50. The van der Waals surface area contributed by atoms with Crippen LogP contribution in [-0.4, -0.2) is 36.2 Å². The first kappa shape index (κ1) is 17.1. The van der Waals surface area contributed by atoms with E-state index in [2.05, 4.69) is 20.4 Å². The smallest absolute Gasteiger partial charge is 0.255 e. The highest BCUT2D eigenvalue weighted by Gasteiger charge is 2.24. The summed E-state index contributed by atoms with van der Waals surface area (Å²) in [5.74, 6) is 1.10. The van der Waals surface area contributed by atoms with Crippen LogP contribution < -0.4 is 15.0 Å². The molecule has 0 aliphatic carbocycles. The highest BCUT2D eigenvalue weighted by molar-refractivity contribution is 6.00. The molecule has 7 nitrogen and oxygen atoms in total. The van der Waals surface area contributed by atoms with Gasteiger partial charge in [0.1, 0.15) is 18.1 Å². The van der Waals surface area contributed by atoms with Crippen molar-refractivity contribution in [3.05, 3.63) is 59.7 Å². The third kappa shape index (κ3) is 3.48. The molecular weight excluding hydrogens is 344 g/mol. The van der Waals surface area contributed by atoms with Crippen LogP contribution >= 0.6 is 0 Å². The molecule has 7 heteroatoms. The number of nitrogens with one attached hydrogen (secondary N) is 1. The molecule has 4 rings (SSSR count). The maximum absolute atomic E-state index is 12.9. The van der Waals surface area contributed by atoms with Gasteiger partial charge in [0.15, 0.2) is 5.75 Å². The molecule has 0 saturated carbocycles. The summed E-state index contributed by atoms with van der Waals surface area (Å²) in [6.07, 6.45) is 3.51. The summed E-state index contributed by atoms with van der Waals surface area (Å²) >= 11 is 0. The van der Waals surface area contributed by atoms with Gasteiger partial charge in [-0.3, -0.25) is 9.78 Å². The van der Waals surface area contributed by atoms with E-state index in [1.807, 2.05) is 38.2 Å². The molecule has 27 heavy (non-hydrogen) atoms. The van der Waals surface area contributed by atoms with Gasteiger partial charge in [-0.2, -0.15) is 0 Å². The van der Waals surface area contributed by atoms with Gasteiger partial charge in [-0.25, -0.2) is 0 Å². The van der Waals surface area contributed by atoms with Crippen LogP contribution in [0.1, 0.15) is 21.8 Å². The van der Waals surface area contributed by atoms with Crippen LogP contribution in [0.5, 0.6) is 5.75 Å². The Morgan fingerprint density at radius 1 is 1.30 bits per heavy atom. The summed E-state index contributed by atoms with van der Waals surface area (Å²) < 4.78 is 10.9. The number of hydrogen-bond donors (Lipinski definition) is 1. The van der Waals surface area contributed by atoms with E-state index in [-0.39, 0.29) is 12.5 Å². The van der Waals surface area contributed by atoms with Crippen molar-refractivity contribution >= 4 is 11.6 Å². The van der Waals surface area contributed by atoms with Crippen LogP contribution in [0.3, 0.4) is 0 Å². The summed E-state index contributed by atoms with van der Waals surface area (Å²) in [5, 5.41) is 6.81. The topological polar surface area (TPSA) is 80.5 Å². The maximum Gasteiger partial charge on any atom is 0.255 e. The molecule has 1 amide bonds. The minimum absolute atomic E-state index is 0.215. The van der Waals surface area contributed by atoms with Gasteiger partial charge in [0.05, 0.1) is 24.3 Å². The molecule has 1 aliphatic heterocycles. The van der Waals surface area contributed by atoms with Crippen LogP contribution in [-0.2, 0) is 6.54 Å². The van der Waals surface area contributed by atoms with E-state index in [0.717, 1.165) is 23.4 Å². The Bertz CT molecular complexity index is 969. The molecule has 0 atom stereocenters. The van der Waals surface area contributed by atoms with Gasteiger partial charge in [-0.05, 0) is 30.7 Å². The molecule has 0 bridgehead atoms. The molecular formula is C20H20N4O3. The van der Waals surface area contributed by atoms with Crippen molar-refractivity contribution in [2.24, 2.45) is 0 Å². The van der Waals surface area contributed by atoms with Gasteiger partial charge in [0.25, 0.3) is 5.91 Å². The molecule has 0 fully saturated rings. The van der Waals surface area contributed by atoms with E-state index in [0.29, 0.717) is 29.4 Å². The molecule has 2 aromatic heterocycles. The first-order valence-electron chi connectivity index (χ1n) is 8.74. The summed E-state index contributed by atoms with van der Waals surface area (Å²) in [6, 6.07) is 9.52. The number of rotatable bonds is 4. The third-order valence-electron chi connectivity index (χ3n) is 4.50. The fourth-order valence-electron chi connectivity index (χ4n) is 3.09. The Morgan fingerprint density at radius 2 is 2.19 bits per heavy atom. The number of nitrogens with zero attached hydrogens (tertiary/aromatic N) is 3. The molecule has 0 radical (unpaired) electrons. The van der Waals surface area contributed by atoms with E-state index < -0.39 is 0 Å². The number of likely N-dealkylation sites (N-methyl/N-ethyl adjacent to an activating group) is 1. The summed E-state index contributed by atoms with van der Waals surface area (Å²) in [4.78, 5) is 19.2. The second-order valence-electron chi connectivity index (χ2n) is 6.50. The number of fused-ring (bicyclic) bond motifs is 1. The normalized spacial score (nSPS) is 13.0. The Kier molecular flexibility index (Phi) is 4.50. The van der Waals surface area contributed by atoms with Gasteiger partial charge in [-0.15, -0.1) is 0 Å². The zero-order valence-corrected chi connectivity index (χ0v) is 15.2. The predicted molar refractivity (Wildman–Crippen MR) is 101 cm³/mol. The molecule has 0 unspecified atom stereocenters. The lowest BCUT2D eigenvalue weighted by molar-refractivity contribution is 0.0946. The van der Waals surface area contributed by atoms with Gasteiger partial charge in [-0.1, -0.05) is 11.2 Å². The minimum Gasteiger partial charge on any atom is -0.489 e. The van der Waals surface area contributed by atoms with E-state index >= 15 is 0 Å². The number of hydrogen-bond acceptors (Lipinski definition) is 6. The SMILES string of the molecule is Cc1cc(CNC(=O)c2cc(-c3cccnc3)cc3c2OCCN3C)no1. The molecule has 0 saturated heterocycles. The number of carbonyl (C=O) groups is 1. The number of pyridine rings is 1. The van der Waals surface area contributed by atoms with Crippen LogP contribution in [0.25, 0.3) is 11.1 Å². The zero-order valence-electron chi connectivity index (χ0n) is 15.2. The first-order valence-corrected chi connectivity index (χ1v) is 8.74. The van der Waals surface area contributed by atoms with Crippen molar-refractivity contribution in [3.63, 3.8) is 0 Å². The van der Waals surface area contributed by atoms with Crippen molar-refractivity contribution < 1.29 is 14.1 Å². The van der Waals surface area contributed by atoms with Gasteiger partial charge >= 0.3 is 0 Å². The van der Waals surface area contributed by atoms with E-state index in [1.54, 1.807) is 18.5 Å². The number of aromatic nitrogens is 2. The van der Waals surface area contributed by atoms with Gasteiger partial charge in [0.2, 0.25) is 0 Å². The summed E-state index contributed by atoms with van der Waals surface area (Å²) in [5.41, 5.74) is 3.93. The molecule has 1 N–H and O–H groups in total. The average Bonchev–Trinajstić information content (AvgIpc) is 3.12. The molecule has 1 aromatic carbocycles. The second kappa shape index (κ2) is 7.11. The second-order valence-corrected chi connectivity index (χ2v) is 6.50. The fraction of sp³-hybridized carbons (Fsp3) is 0.250. The molecule has 1 aliphatic rings. The number of anilines is 1. The van der Waals surface area contributed by atoms with Gasteiger partial charge < -0.3 is 19.5 Å². The predicted octanol–water partition coefficient (Wildman–Crippen LogP) is 2.80. The van der Waals surface area contributed by atoms with E-state index in [4.69, 9.17) is 9.26 Å². The Hall–Kier alpha value is -3.35. The zero-order chi connectivity index (χ0) is 18.8. The average molecular weight is 364 g/mol. The van der Waals surface area contributed by atoms with Crippen LogP contribution in [0.2, 0.25) is 0 Å². The first-order chi connectivity index (χ1) is 13.1.